The number of carbonyl (C=O) groups excluding carboxylic acids is 1. The van der Waals surface area contributed by atoms with Crippen LogP contribution >= 0.6 is 0 Å². The lowest BCUT2D eigenvalue weighted by Crippen LogP contribution is -2.35. The van der Waals surface area contributed by atoms with Gasteiger partial charge in [-0.15, -0.1) is 0 Å². The summed E-state index contributed by atoms with van der Waals surface area (Å²) in [6.07, 6.45) is 0.295. The minimum absolute atomic E-state index is 0.0528. The third-order valence-corrected chi connectivity index (χ3v) is 1.82. The van der Waals surface area contributed by atoms with E-state index >= 15 is 0 Å². The van der Waals surface area contributed by atoms with Crippen molar-refractivity contribution in [1.82, 2.24) is 5.32 Å². The van der Waals surface area contributed by atoms with E-state index in [0.717, 1.165) is 0 Å². The first-order valence-corrected chi connectivity index (χ1v) is 4.67. The molecule has 0 aromatic heterocycles. The predicted molar refractivity (Wildman–Crippen MR) is 52.7 cm³/mol. The highest BCUT2D eigenvalue weighted by atomic mass is 16.4. The van der Waals surface area contributed by atoms with E-state index in [2.05, 4.69) is 5.32 Å². The maximum atomic E-state index is 11.2. The fourth-order valence-electron chi connectivity index (χ4n) is 1.05. The SMILES string of the molecule is CC(CN)CC(=O)NC(C)CC(=O)O. The summed E-state index contributed by atoms with van der Waals surface area (Å²) >= 11 is 0. The second-order valence-electron chi connectivity index (χ2n) is 3.61. The highest BCUT2D eigenvalue weighted by Crippen LogP contribution is 1.99. The Balaban J connectivity index is 3.76. The van der Waals surface area contributed by atoms with Gasteiger partial charge in [0.2, 0.25) is 5.91 Å². The molecule has 82 valence electrons. The largest absolute Gasteiger partial charge is 0.481 e. The lowest BCUT2D eigenvalue weighted by Gasteiger charge is -2.13. The summed E-state index contributed by atoms with van der Waals surface area (Å²) in [6.45, 7) is 4.00. The molecule has 0 spiro atoms. The van der Waals surface area contributed by atoms with Gasteiger partial charge in [-0.3, -0.25) is 9.59 Å². The van der Waals surface area contributed by atoms with Crippen molar-refractivity contribution in [1.29, 1.82) is 0 Å². The van der Waals surface area contributed by atoms with E-state index in [1.165, 1.54) is 0 Å². The molecule has 14 heavy (non-hydrogen) atoms. The Morgan fingerprint density at radius 2 is 1.93 bits per heavy atom. The van der Waals surface area contributed by atoms with Gasteiger partial charge in [0.1, 0.15) is 0 Å². The van der Waals surface area contributed by atoms with Crippen LogP contribution in [0, 0.1) is 5.92 Å². The van der Waals surface area contributed by atoms with Crippen molar-refractivity contribution in [3.63, 3.8) is 0 Å². The van der Waals surface area contributed by atoms with Gasteiger partial charge >= 0.3 is 5.97 Å². The number of carbonyl (C=O) groups is 2. The molecule has 5 nitrogen and oxygen atoms in total. The number of nitrogens with one attached hydrogen (secondary N) is 1. The number of amides is 1. The van der Waals surface area contributed by atoms with E-state index in [1.807, 2.05) is 6.92 Å². The fourth-order valence-corrected chi connectivity index (χ4v) is 1.05. The number of nitrogens with two attached hydrogens (primary N) is 1. The van der Waals surface area contributed by atoms with Gasteiger partial charge in [-0.25, -0.2) is 0 Å². The first-order chi connectivity index (χ1) is 6.45. The lowest BCUT2D eigenvalue weighted by atomic mass is 10.1. The van der Waals surface area contributed by atoms with Crippen LogP contribution in [0.3, 0.4) is 0 Å². The van der Waals surface area contributed by atoms with Crippen molar-refractivity contribution in [2.75, 3.05) is 6.54 Å². The Labute approximate surface area is 83.7 Å². The molecule has 0 aliphatic carbocycles. The van der Waals surface area contributed by atoms with Gasteiger partial charge in [0, 0.05) is 12.5 Å². The van der Waals surface area contributed by atoms with E-state index in [-0.39, 0.29) is 24.3 Å². The van der Waals surface area contributed by atoms with Gasteiger partial charge < -0.3 is 16.2 Å². The first-order valence-electron chi connectivity index (χ1n) is 4.67. The molecule has 0 aliphatic heterocycles. The smallest absolute Gasteiger partial charge is 0.305 e. The molecule has 0 saturated carbocycles. The third-order valence-electron chi connectivity index (χ3n) is 1.82. The maximum Gasteiger partial charge on any atom is 0.305 e. The van der Waals surface area contributed by atoms with Gasteiger partial charge in [0.15, 0.2) is 0 Å². The molecule has 0 rings (SSSR count). The average molecular weight is 202 g/mol. The Morgan fingerprint density at radius 1 is 1.36 bits per heavy atom. The van der Waals surface area contributed by atoms with Crippen LogP contribution in [0.1, 0.15) is 26.7 Å². The molecule has 5 heteroatoms. The minimum atomic E-state index is -0.912. The molecule has 1 amide bonds. The number of carboxylic acids is 1. The summed E-state index contributed by atoms with van der Waals surface area (Å²) in [4.78, 5) is 21.5. The van der Waals surface area contributed by atoms with Crippen LogP contribution in [0.5, 0.6) is 0 Å². The monoisotopic (exact) mass is 202 g/mol. The van der Waals surface area contributed by atoms with Crippen molar-refractivity contribution >= 4 is 11.9 Å². The molecule has 2 atom stereocenters. The zero-order chi connectivity index (χ0) is 11.1. The van der Waals surface area contributed by atoms with Gasteiger partial charge in [0.05, 0.1) is 6.42 Å². The molecule has 0 bridgehead atoms. The van der Waals surface area contributed by atoms with E-state index in [1.54, 1.807) is 6.92 Å². The number of rotatable bonds is 6. The number of aliphatic carboxylic acids is 1. The average Bonchev–Trinajstić information content (AvgIpc) is 2.01. The molecule has 2 unspecified atom stereocenters. The van der Waals surface area contributed by atoms with Gasteiger partial charge in [0.25, 0.3) is 0 Å². The van der Waals surface area contributed by atoms with E-state index in [0.29, 0.717) is 13.0 Å². The summed E-state index contributed by atoms with van der Waals surface area (Å²) in [7, 11) is 0. The molecule has 0 aromatic carbocycles. The molecule has 0 fully saturated rings. The molecule has 4 N–H and O–H groups in total. The van der Waals surface area contributed by atoms with Crippen LogP contribution in [-0.2, 0) is 9.59 Å². The maximum absolute atomic E-state index is 11.2. The molecule has 0 aliphatic rings. The summed E-state index contributed by atoms with van der Waals surface area (Å²) in [6, 6.07) is -0.329. The molecule has 0 radical (unpaired) electrons. The predicted octanol–water partition coefficient (Wildman–Crippen LogP) is -0.0493. The number of hydrogen-bond donors (Lipinski definition) is 3. The van der Waals surface area contributed by atoms with E-state index < -0.39 is 5.97 Å². The van der Waals surface area contributed by atoms with E-state index in [4.69, 9.17) is 10.8 Å². The Hall–Kier alpha value is -1.10. The Bertz CT molecular complexity index is 206. The van der Waals surface area contributed by atoms with Crippen LogP contribution in [0.4, 0.5) is 0 Å². The third kappa shape index (κ3) is 6.42. The Morgan fingerprint density at radius 3 is 2.36 bits per heavy atom. The molecular weight excluding hydrogens is 184 g/mol. The molecule has 0 saturated heterocycles. The zero-order valence-electron chi connectivity index (χ0n) is 8.62. The Kier molecular flexibility index (Phi) is 5.87. The van der Waals surface area contributed by atoms with Crippen molar-refractivity contribution in [2.24, 2.45) is 11.7 Å². The number of carboxylic acid groups (broad SMARTS) is 1. The van der Waals surface area contributed by atoms with Crippen molar-refractivity contribution in [2.45, 2.75) is 32.7 Å². The molecular formula is C9H18N2O3. The van der Waals surface area contributed by atoms with Crippen LogP contribution in [-0.4, -0.2) is 29.6 Å². The van der Waals surface area contributed by atoms with Gasteiger partial charge in [-0.2, -0.15) is 0 Å². The highest BCUT2D eigenvalue weighted by molar-refractivity contribution is 5.77. The van der Waals surface area contributed by atoms with Crippen LogP contribution in [0.15, 0.2) is 0 Å². The van der Waals surface area contributed by atoms with Crippen LogP contribution in [0.2, 0.25) is 0 Å². The topological polar surface area (TPSA) is 92.4 Å². The molecule has 0 aromatic rings. The van der Waals surface area contributed by atoms with Crippen LogP contribution in [0.25, 0.3) is 0 Å². The standard InChI is InChI=1S/C9H18N2O3/c1-6(5-10)3-8(12)11-7(2)4-9(13)14/h6-7H,3-5,10H2,1-2H3,(H,11,12)(H,13,14). The normalized spacial score (nSPS) is 14.5. The minimum Gasteiger partial charge on any atom is -0.481 e. The zero-order valence-corrected chi connectivity index (χ0v) is 8.62. The van der Waals surface area contributed by atoms with E-state index in [9.17, 15) is 9.59 Å². The second kappa shape index (κ2) is 6.37. The summed E-state index contributed by atoms with van der Waals surface area (Å²) < 4.78 is 0. The summed E-state index contributed by atoms with van der Waals surface area (Å²) in [5.41, 5.74) is 5.36. The second-order valence-corrected chi connectivity index (χ2v) is 3.61. The highest BCUT2D eigenvalue weighted by Gasteiger charge is 2.12. The van der Waals surface area contributed by atoms with Gasteiger partial charge in [-0.05, 0) is 19.4 Å². The van der Waals surface area contributed by atoms with Gasteiger partial charge in [-0.1, -0.05) is 6.92 Å². The van der Waals surface area contributed by atoms with Crippen molar-refractivity contribution in [3.05, 3.63) is 0 Å². The lowest BCUT2D eigenvalue weighted by molar-refractivity contribution is -0.137. The summed E-state index contributed by atoms with van der Waals surface area (Å²) in [5.74, 6) is -0.923. The van der Waals surface area contributed by atoms with Crippen molar-refractivity contribution in [3.8, 4) is 0 Å². The summed E-state index contributed by atoms with van der Waals surface area (Å²) in [5, 5.41) is 11.1. The van der Waals surface area contributed by atoms with Crippen molar-refractivity contribution < 1.29 is 14.7 Å². The fraction of sp³-hybridized carbons (Fsp3) is 0.778. The van der Waals surface area contributed by atoms with Crippen LogP contribution < -0.4 is 11.1 Å². The quantitative estimate of drug-likeness (QED) is 0.563. The first kappa shape index (κ1) is 12.9. The molecule has 0 heterocycles. The number of hydrogen-bond acceptors (Lipinski definition) is 3.